The number of hydrogen-bond acceptors (Lipinski definition) is 5. The van der Waals surface area contributed by atoms with Crippen LogP contribution in [0.15, 0.2) is 66.2 Å². The molecule has 3 rings (SSSR count). The first kappa shape index (κ1) is 31.4. The van der Waals surface area contributed by atoms with Crippen LogP contribution in [0.1, 0.15) is 43.9 Å². The van der Waals surface area contributed by atoms with Crippen molar-refractivity contribution in [2.75, 3.05) is 25.0 Å². The summed E-state index contributed by atoms with van der Waals surface area (Å²) in [6.07, 6.45) is 5.32. The topological polar surface area (TPSA) is 98.1 Å². The first-order chi connectivity index (χ1) is 19.9. The number of aliphatic imine (C=N–C) groups is 1. The molecular formula is C32H38ClN5O3. The van der Waals surface area contributed by atoms with Crippen LogP contribution in [0.4, 0.5) is 11.5 Å². The number of amidine groups is 1. The number of aromatic nitrogens is 1. The molecule has 2 amide bonds. The van der Waals surface area contributed by atoms with Crippen LogP contribution in [0.3, 0.4) is 0 Å². The molecule has 2 N–H and O–H groups in total. The Morgan fingerprint density at radius 2 is 1.83 bits per heavy atom. The summed E-state index contributed by atoms with van der Waals surface area (Å²) in [5.74, 6) is 0.907. The lowest BCUT2D eigenvalue weighted by Crippen LogP contribution is -2.45. The molecular weight excluding hydrogens is 538 g/mol. The van der Waals surface area contributed by atoms with Gasteiger partial charge in [0.05, 0.1) is 22.0 Å². The van der Waals surface area contributed by atoms with Crippen molar-refractivity contribution in [2.24, 2.45) is 4.99 Å². The normalized spacial score (nSPS) is 12.0. The summed E-state index contributed by atoms with van der Waals surface area (Å²) >= 11 is 6.86. The summed E-state index contributed by atoms with van der Waals surface area (Å²) in [6, 6.07) is 14.4. The quantitative estimate of drug-likeness (QED) is 0.108. The van der Waals surface area contributed by atoms with Gasteiger partial charge in [-0.15, -0.1) is 6.58 Å². The molecule has 216 valence electrons. The maximum atomic E-state index is 13.0. The van der Waals surface area contributed by atoms with Crippen LogP contribution in [0, 0.1) is 0 Å². The van der Waals surface area contributed by atoms with Gasteiger partial charge in [0.1, 0.15) is 11.6 Å². The predicted molar refractivity (Wildman–Crippen MR) is 167 cm³/mol. The second kappa shape index (κ2) is 15.0. The zero-order valence-electron chi connectivity index (χ0n) is 24.1. The number of anilines is 2. The molecule has 0 aliphatic heterocycles. The van der Waals surface area contributed by atoms with Crippen molar-refractivity contribution < 1.29 is 14.7 Å². The van der Waals surface area contributed by atoms with E-state index in [-0.39, 0.29) is 11.8 Å². The molecule has 41 heavy (non-hydrogen) atoms. The Morgan fingerprint density at radius 3 is 2.39 bits per heavy atom. The molecule has 1 unspecified atom stereocenters. The molecule has 8 nitrogen and oxygen atoms in total. The number of phenolic OH excluding ortho intramolecular Hbond substituents is 1. The minimum absolute atomic E-state index is 0.0204. The lowest BCUT2D eigenvalue weighted by molar-refractivity contribution is -0.109. The molecule has 0 spiro atoms. The number of rotatable bonds is 14. The zero-order chi connectivity index (χ0) is 29.9. The molecule has 0 fully saturated rings. The van der Waals surface area contributed by atoms with Crippen molar-refractivity contribution in [1.82, 2.24) is 15.2 Å². The van der Waals surface area contributed by atoms with Crippen LogP contribution in [0.2, 0.25) is 5.02 Å². The van der Waals surface area contributed by atoms with Crippen molar-refractivity contribution in [3.8, 4) is 17.0 Å². The number of nitrogens with one attached hydrogen (secondary N) is 1. The molecule has 0 aliphatic rings. The molecule has 3 aromatic rings. The smallest absolute Gasteiger partial charge is 0.219 e. The van der Waals surface area contributed by atoms with E-state index in [9.17, 15) is 14.7 Å². The van der Waals surface area contributed by atoms with Gasteiger partial charge in [0.2, 0.25) is 12.8 Å². The van der Waals surface area contributed by atoms with Gasteiger partial charge in [-0.25, -0.2) is 4.98 Å². The van der Waals surface area contributed by atoms with Crippen molar-refractivity contribution in [3.63, 3.8) is 0 Å². The summed E-state index contributed by atoms with van der Waals surface area (Å²) in [5, 5.41) is 13.7. The molecule has 1 heterocycles. The van der Waals surface area contributed by atoms with Gasteiger partial charge in [-0.3, -0.25) is 19.5 Å². The van der Waals surface area contributed by atoms with E-state index in [4.69, 9.17) is 16.6 Å². The van der Waals surface area contributed by atoms with Gasteiger partial charge in [-0.2, -0.15) is 0 Å². The summed E-state index contributed by atoms with van der Waals surface area (Å²) in [5.41, 5.74) is 4.06. The molecule has 1 aromatic heterocycles. The molecule has 0 saturated carbocycles. The number of para-hydroxylation sites is 2. The van der Waals surface area contributed by atoms with Gasteiger partial charge in [0.25, 0.3) is 0 Å². The lowest BCUT2D eigenvalue weighted by Gasteiger charge is -2.34. The molecule has 0 bridgehead atoms. The fourth-order valence-electron chi connectivity index (χ4n) is 4.92. The highest BCUT2D eigenvalue weighted by Gasteiger charge is 2.28. The van der Waals surface area contributed by atoms with Crippen LogP contribution < -0.4 is 10.2 Å². The number of carbonyl (C=O) groups excluding carboxylic acids is 2. The van der Waals surface area contributed by atoms with Gasteiger partial charge in [0, 0.05) is 31.7 Å². The number of halogens is 1. The highest BCUT2D eigenvalue weighted by atomic mass is 35.5. The fraction of sp³-hybridized carbons (Fsp3) is 0.312. The van der Waals surface area contributed by atoms with Crippen LogP contribution in [0.5, 0.6) is 5.75 Å². The minimum atomic E-state index is -0.151. The minimum Gasteiger partial charge on any atom is -0.507 e. The third-order valence-corrected chi connectivity index (χ3v) is 7.27. The first-order valence-corrected chi connectivity index (χ1v) is 14.1. The molecule has 0 saturated heterocycles. The van der Waals surface area contributed by atoms with Gasteiger partial charge in [0.15, 0.2) is 5.82 Å². The van der Waals surface area contributed by atoms with E-state index >= 15 is 0 Å². The number of aromatic hydroxyl groups is 1. The van der Waals surface area contributed by atoms with Crippen molar-refractivity contribution in [3.05, 3.63) is 82.9 Å². The summed E-state index contributed by atoms with van der Waals surface area (Å²) in [7, 11) is 1.67. The maximum Gasteiger partial charge on any atom is 0.219 e. The summed E-state index contributed by atoms with van der Waals surface area (Å²) in [6.45, 7) is 10.9. The van der Waals surface area contributed by atoms with E-state index in [1.54, 1.807) is 42.3 Å². The average Bonchev–Trinajstić information content (AvgIpc) is 2.99. The predicted octanol–water partition coefficient (Wildman–Crippen LogP) is 5.92. The number of aryl methyl sites for hydroxylation is 2. The average molecular weight is 576 g/mol. The Hall–Kier alpha value is -4.17. The summed E-state index contributed by atoms with van der Waals surface area (Å²) in [4.78, 5) is 37.3. The molecule has 9 heteroatoms. The number of hydrogen-bond donors (Lipinski definition) is 2. The van der Waals surface area contributed by atoms with Crippen molar-refractivity contribution in [2.45, 2.75) is 46.1 Å². The van der Waals surface area contributed by atoms with Gasteiger partial charge < -0.3 is 15.3 Å². The Balaban J connectivity index is 2.38. The number of amides is 2. The fourth-order valence-corrected chi connectivity index (χ4v) is 5.17. The standard InChI is InChI=1S/C32H38ClN5O3/c1-6-9-17-37(22(4)19-35-20-39)31(34-5)26-18-27(33)29(25-15-10-11-16-28(25)41)36-32(26)38(21-40)30-23(7-2)13-12-14-24(30)8-3/h6,10-16,18,20-22,41H,1,7-9,17,19H2,2-5H3,(H,35,39)/b34-31+. The van der Waals surface area contributed by atoms with E-state index in [1.165, 1.54) is 0 Å². The van der Waals surface area contributed by atoms with E-state index in [0.717, 1.165) is 23.2 Å². The second-order valence-electron chi connectivity index (χ2n) is 9.51. The number of nitrogens with zero attached hydrogens (tertiary/aromatic N) is 4. The third kappa shape index (κ3) is 6.95. The van der Waals surface area contributed by atoms with E-state index in [0.29, 0.717) is 72.3 Å². The summed E-state index contributed by atoms with van der Waals surface area (Å²) < 4.78 is 0. The Kier molecular flexibility index (Phi) is 11.5. The molecule has 0 radical (unpaired) electrons. The highest BCUT2D eigenvalue weighted by Crippen LogP contribution is 2.39. The highest BCUT2D eigenvalue weighted by molar-refractivity contribution is 6.33. The largest absolute Gasteiger partial charge is 0.507 e. The van der Waals surface area contributed by atoms with Crippen LogP contribution in [-0.4, -0.2) is 59.8 Å². The zero-order valence-corrected chi connectivity index (χ0v) is 24.9. The number of pyridine rings is 1. The van der Waals surface area contributed by atoms with Crippen LogP contribution >= 0.6 is 11.6 Å². The Labute approximate surface area is 247 Å². The number of carbonyl (C=O) groups is 2. The van der Waals surface area contributed by atoms with Gasteiger partial charge in [-0.1, -0.05) is 61.9 Å². The molecule has 1 atom stereocenters. The van der Waals surface area contributed by atoms with E-state index < -0.39 is 0 Å². The SMILES string of the molecule is C=CCCN(/C(=N/C)c1cc(Cl)c(-c2ccccc2O)nc1N(C=O)c1c(CC)cccc1CC)C(C)CNC=O. The van der Waals surface area contributed by atoms with Crippen LogP contribution in [0.25, 0.3) is 11.3 Å². The lowest BCUT2D eigenvalue weighted by atomic mass is 10.0. The monoisotopic (exact) mass is 575 g/mol. The van der Waals surface area contributed by atoms with E-state index in [2.05, 4.69) is 16.9 Å². The molecule has 2 aromatic carbocycles. The Bertz CT molecular complexity index is 1390. The van der Waals surface area contributed by atoms with Crippen LogP contribution in [-0.2, 0) is 22.4 Å². The van der Waals surface area contributed by atoms with Gasteiger partial charge >= 0.3 is 0 Å². The first-order valence-electron chi connectivity index (χ1n) is 13.7. The third-order valence-electron chi connectivity index (χ3n) is 6.98. The second-order valence-corrected chi connectivity index (χ2v) is 9.91. The van der Waals surface area contributed by atoms with E-state index in [1.807, 2.05) is 49.9 Å². The molecule has 0 aliphatic carbocycles. The Morgan fingerprint density at radius 1 is 1.15 bits per heavy atom. The maximum absolute atomic E-state index is 13.0. The van der Waals surface area contributed by atoms with Crippen molar-refractivity contribution in [1.29, 1.82) is 0 Å². The number of phenols is 1. The number of benzene rings is 2. The van der Waals surface area contributed by atoms with Gasteiger partial charge in [-0.05, 0) is 55.5 Å². The van der Waals surface area contributed by atoms with Crippen molar-refractivity contribution >= 4 is 41.8 Å².